The monoisotopic (exact) mass is 170 g/mol. The summed E-state index contributed by atoms with van der Waals surface area (Å²) in [5.41, 5.74) is 2.77. The van der Waals surface area contributed by atoms with Crippen LogP contribution in [0.2, 0.25) is 0 Å². The summed E-state index contributed by atoms with van der Waals surface area (Å²) in [6.45, 7) is 0. The zero-order valence-corrected chi connectivity index (χ0v) is 6.69. The van der Waals surface area contributed by atoms with Crippen molar-refractivity contribution >= 4 is 18.1 Å². The zero-order valence-electron chi connectivity index (χ0n) is 6.69. The van der Waals surface area contributed by atoms with Crippen molar-refractivity contribution in [1.29, 1.82) is 0 Å². The molecule has 1 aliphatic rings. The van der Waals surface area contributed by atoms with Gasteiger partial charge in [0.2, 0.25) is 0 Å². The third kappa shape index (κ3) is 2.22. The molecule has 0 amide bonds. The quantitative estimate of drug-likeness (QED) is 0.606. The van der Waals surface area contributed by atoms with E-state index in [-0.39, 0.29) is 6.42 Å². The Hall–Kier alpha value is -1.59. The SMILES string of the molecule is CN1NC=NN=C1CCC(=O)O. The van der Waals surface area contributed by atoms with Gasteiger partial charge < -0.3 is 5.11 Å². The van der Waals surface area contributed by atoms with Gasteiger partial charge in [-0.1, -0.05) is 0 Å². The van der Waals surface area contributed by atoms with Crippen LogP contribution in [0.25, 0.3) is 0 Å². The van der Waals surface area contributed by atoms with Crippen molar-refractivity contribution in [2.45, 2.75) is 12.8 Å². The molecule has 0 aromatic rings. The van der Waals surface area contributed by atoms with E-state index in [1.807, 2.05) is 0 Å². The highest BCUT2D eigenvalue weighted by atomic mass is 16.4. The average Bonchev–Trinajstić information content (AvgIpc) is 2.03. The van der Waals surface area contributed by atoms with E-state index in [9.17, 15) is 4.79 Å². The molecule has 0 aromatic heterocycles. The first kappa shape index (κ1) is 8.51. The van der Waals surface area contributed by atoms with Crippen molar-refractivity contribution < 1.29 is 9.90 Å². The van der Waals surface area contributed by atoms with Crippen molar-refractivity contribution in [3.8, 4) is 0 Å². The first-order chi connectivity index (χ1) is 5.70. The number of rotatable bonds is 3. The van der Waals surface area contributed by atoms with E-state index in [0.29, 0.717) is 12.3 Å². The van der Waals surface area contributed by atoms with Crippen molar-refractivity contribution in [2.24, 2.45) is 10.2 Å². The lowest BCUT2D eigenvalue weighted by Gasteiger charge is -2.21. The molecular formula is C6H10N4O2. The van der Waals surface area contributed by atoms with E-state index in [2.05, 4.69) is 15.6 Å². The number of aliphatic carboxylic acids is 1. The van der Waals surface area contributed by atoms with E-state index >= 15 is 0 Å². The molecule has 0 saturated carbocycles. The molecule has 0 saturated heterocycles. The smallest absolute Gasteiger partial charge is 0.303 e. The lowest BCUT2D eigenvalue weighted by atomic mass is 10.3. The normalized spacial score (nSPS) is 15.4. The van der Waals surface area contributed by atoms with Crippen LogP contribution in [-0.2, 0) is 4.79 Å². The van der Waals surface area contributed by atoms with E-state index < -0.39 is 5.97 Å². The fourth-order valence-electron chi connectivity index (χ4n) is 0.786. The van der Waals surface area contributed by atoms with Crippen LogP contribution in [-0.4, -0.2) is 35.3 Å². The van der Waals surface area contributed by atoms with Crippen molar-refractivity contribution in [2.75, 3.05) is 7.05 Å². The molecule has 6 nitrogen and oxygen atoms in total. The molecule has 1 heterocycles. The molecule has 66 valence electrons. The largest absolute Gasteiger partial charge is 0.481 e. The Balaban J connectivity index is 2.44. The summed E-state index contributed by atoms with van der Waals surface area (Å²) in [5, 5.41) is 17.4. The number of nitrogens with zero attached hydrogens (tertiary/aromatic N) is 3. The molecule has 0 radical (unpaired) electrons. The number of nitrogens with one attached hydrogen (secondary N) is 1. The second-order valence-electron chi connectivity index (χ2n) is 2.34. The third-order valence-corrected chi connectivity index (χ3v) is 1.43. The predicted molar refractivity (Wildman–Crippen MR) is 43.7 cm³/mol. The maximum Gasteiger partial charge on any atom is 0.303 e. The first-order valence-electron chi connectivity index (χ1n) is 3.50. The van der Waals surface area contributed by atoms with Crippen molar-refractivity contribution in [3.63, 3.8) is 0 Å². The van der Waals surface area contributed by atoms with E-state index in [4.69, 9.17) is 5.11 Å². The van der Waals surface area contributed by atoms with Crippen LogP contribution < -0.4 is 5.43 Å². The van der Waals surface area contributed by atoms with Gasteiger partial charge in [0, 0.05) is 13.5 Å². The molecule has 0 aromatic carbocycles. The molecule has 0 atom stereocenters. The van der Waals surface area contributed by atoms with Gasteiger partial charge in [-0.25, -0.2) is 0 Å². The fourth-order valence-corrected chi connectivity index (χ4v) is 0.786. The van der Waals surface area contributed by atoms with Crippen LogP contribution in [0, 0.1) is 0 Å². The Kier molecular flexibility index (Phi) is 2.62. The topological polar surface area (TPSA) is 77.3 Å². The number of amidine groups is 1. The average molecular weight is 170 g/mol. The Morgan fingerprint density at radius 1 is 1.83 bits per heavy atom. The summed E-state index contributed by atoms with van der Waals surface area (Å²) in [6.07, 6.45) is 1.89. The van der Waals surface area contributed by atoms with Gasteiger partial charge in [0.25, 0.3) is 0 Å². The second kappa shape index (κ2) is 3.70. The number of carboxylic acid groups (broad SMARTS) is 1. The van der Waals surface area contributed by atoms with Crippen LogP contribution in [0.15, 0.2) is 10.2 Å². The summed E-state index contributed by atoms with van der Waals surface area (Å²) in [4.78, 5) is 10.2. The Morgan fingerprint density at radius 3 is 3.17 bits per heavy atom. The number of hydrazine groups is 1. The minimum atomic E-state index is -0.833. The lowest BCUT2D eigenvalue weighted by Crippen LogP contribution is -2.40. The van der Waals surface area contributed by atoms with E-state index in [1.54, 1.807) is 12.1 Å². The predicted octanol–water partition coefficient (Wildman–Crippen LogP) is -0.357. The molecule has 0 aliphatic carbocycles. The van der Waals surface area contributed by atoms with E-state index in [1.165, 1.54) is 6.34 Å². The van der Waals surface area contributed by atoms with Gasteiger partial charge in [-0.2, -0.15) is 0 Å². The molecule has 0 bridgehead atoms. The maximum absolute atomic E-state index is 10.2. The van der Waals surface area contributed by atoms with Crippen LogP contribution in [0.4, 0.5) is 0 Å². The van der Waals surface area contributed by atoms with Gasteiger partial charge in [0.05, 0.1) is 6.42 Å². The van der Waals surface area contributed by atoms with Gasteiger partial charge in [0.15, 0.2) is 0 Å². The summed E-state index contributed by atoms with van der Waals surface area (Å²) < 4.78 is 0. The Bertz CT molecular complexity index is 236. The van der Waals surface area contributed by atoms with Gasteiger partial charge in [-0.05, 0) is 0 Å². The number of hydrogen-bond donors (Lipinski definition) is 2. The molecule has 6 heteroatoms. The van der Waals surface area contributed by atoms with Crippen molar-refractivity contribution in [1.82, 2.24) is 10.4 Å². The highest BCUT2D eigenvalue weighted by Crippen LogP contribution is 1.98. The number of hydrogen-bond acceptors (Lipinski definition) is 5. The standard InChI is InChI=1S/C6H10N4O2/c1-10-5(2-3-6(11)12)9-7-4-8-10/h4H,2-3H2,1H3,(H,7,8)(H,11,12). The lowest BCUT2D eigenvalue weighted by molar-refractivity contribution is -0.136. The molecule has 0 unspecified atom stereocenters. The zero-order chi connectivity index (χ0) is 8.97. The van der Waals surface area contributed by atoms with Crippen LogP contribution in [0.3, 0.4) is 0 Å². The highest BCUT2D eigenvalue weighted by molar-refractivity contribution is 5.87. The van der Waals surface area contributed by atoms with Gasteiger partial charge in [-0.3, -0.25) is 15.2 Å². The van der Waals surface area contributed by atoms with Crippen LogP contribution in [0.1, 0.15) is 12.8 Å². The Morgan fingerprint density at radius 2 is 2.58 bits per heavy atom. The minimum absolute atomic E-state index is 0.0698. The van der Waals surface area contributed by atoms with Crippen LogP contribution in [0.5, 0.6) is 0 Å². The molecule has 0 fully saturated rings. The number of carboxylic acids is 1. The number of carbonyl (C=O) groups is 1. The molecule has 1 aliphatic heterocycles. The maximum atomic E-state index is 10.2. The minimum Gasteiger partial charge on any atom is -0.481 e. The fraction of sp³-hybridized carbons (Fsp3) is 0.500. The van der Waals surface area contributed by atoms with Gasteiger partial charge in [0.1, 0.15) is 12.2 Å². The van der Waals surface area contributed by atoms with Crippen LogP contribution >= 0.6 is 0 Å². The Labute approximate surface area is 69.6 Å². The van der Waals surface area contributed by atoms with Crippen molar-refractivity contribution in [3.05, 3.63) is 0 Å². The third-order valence-electron chi connectivity index (χ3n) is 1.43. The molecule has 2 N–H and O–H groups in total. The first-order valence-corrected chi connectivity index (χ1v) is 3.50. The van der Waals surface area contributed by atoms with E-state index in [0.717, 1.165) is 0 Å². The second-order valence-corrected chi connectivity index (χ2v) is 2.34. The highest BCUT2D eigenvalue weighted by Gasteiger charge is 2.09. The molecular weight excluding hydrogens is 160 g/mol. The summed E-state index contributed by atoms with van der Waals surface area (Å²) in [5.74, 6) is -0.208. The summed E-state index contributed by atoms with van der Waals surface area (Å²) in [7, 11) is 1.76. The summed E-state index contributed by atoms with van der Waals surface area (Å²) >= 11 is 0. The van der Waals surface area contributed by atoms with Gasteiger partial charge in [-0.15, -0.1) is 10.2 Å². The molecule has 12 heavy (non-hydrogen) atoms. The molecule has 0 spiro atoms. The van der Waals surface area contributed by atoms with Gasteiger partial charge >= 0.3 is 5.97 Å². The molecule has 1 rings (SSSR count). The summed E-state index contributed by atoms with van der Waals surface area (Å²) in [6, 6.07) is 0.